The molecular formula is C21H19FN4O. The van der Waals surface area contributed by atoms with Crippen LogP contribution in [-0.4, -0.2) is 21.6 Å². The lowest BCUT2D eigenvalue weighted by atomic mass is 10.00. The molecule has 3 heterocycles. The van der Waals surface area contributed by atoms with E-state index in [-0.39, 0.29) is 11.9 Å². The number of halogens is 1. The normalized spacial score (nSPS) is 17.7. The molecule has 0 saturated carbocycles. The number of benzene rings is 1. The van der Waals surface area contributed by atoms with Gasteiger partial charge in [-0.1, -0.05) is 12.1 Å². The van der Waals surface area contributed by atoms with E-state index in [0.717, 1.165) is 48.3 Å². The Balaban J connectivity index is 1.55. The molecule has 3 aromatic rings. The van der Waals surface area contributed by atoms with Crippen molar-refractivity contribution in [3.8, 4) is 17.1 Å². The van der Waals surface area contributed by atoms with Crippen LogP contribution in [0.1, 0.15) is 35.7 Å². The minimum absolute atomic E-state index is 0.0330. The number of rotatable bonds is 3. The number of nitrogens with zero attached hydrogens (tertiary/aromatic N) is 3. The molecule has 0 radical (unpaired) electrons. The van der Waals surface area contributed by atoms with Crippen LogP contribution < -0.4 is 10.1 Å². The Morgan fingerprint density at radius 3 is 2.85 bits per heavy atom. The van der Waals surface area contributed by atoms with E-state index in [0.29, 0.717) is 18.2 Å². The average molecular weight is 362 g/mol. The van der Waals surface area contributed by atoms with Crippen molar-refractivity contribution in [1.82, 2.24) is 15.0 Å². The molecule has 0 fully saturated rings. The highest BCUT2D eigenvalue weighted by Gasteiger charge is 2.27. The molecule has 0 amide bonds. The second-order valence-electron chi connectivity index (χ2n) is 6.90. The van der Waals surface area contributed by atoms with Crippen molar-refractivity contribution in [2.45, 2.75) is 31.7 Å². The van der Waals surface area contributed by atoms with Crippen molar-refractivity contribution in [2.75, 3.05) is 11.9 Å². The monoisotopic (exact) mass is 362 g/mol. The predicted molar refractivity (Wildman–Crippen MR) is 100 cm³/mol. The van der Waals surface area contributed by atoms with Crippen LogP contribution in [0.2, 0.25) is 0 Å². The first-order valence-corrected chi connectivity index (χ1v) is 9.27. The van der Waals surface area contributed by atoms with Crippen molar-refractivity contribution in [1.29, 1.82) is 0 Å². The van der Waals surface area contributed by atoms with Crippen molar-refractivity contribution < 1.29 is 9.13 Å². The molecule has 1 atom stereocenters. The van der Waals surface area contributed by atoms with Gasteiger partial charge in [-0.15, -0.1) is 0 Å². The Hall–Kier alpha value is -3.02. The number of para-hydroxylation sites is 1. The average Bonchev–Trinajstić information content (AvgIpc) is 3.18. The second-order valence-corrected chi connectivity index (χ2v) is 6.90. The number of pyridine rings is 1. The number of hydrogen-bond donors (Lipinski definition) is 1. The van der Waals surface area contributed by atoms with E-state index in [1.165, 1.54) is 11.6 Å². The smallest absolute Gasteiger partial charge is 0.165 e. The third kappa shape index (κ3) is 2.91. The molecule has 6 heteroatoms. The van der Waals surface area contributed by atoms with Crippen LogP contribution in [0.25, 0.3) is 11.4 Å². The largest absolute Gasteiger partial charge is 0.490 e. The molecule has 5 rings (SSSR count). The Morgan fingerprint density at radius 2 is 1.96 bits per heavy atom. The summed E-state index contributed by atoms with van der Waals surface area (Å²) >= 11 is 0. The standard InChI is InChI=1S/C21H19FN4O/c22-16-5-1-3-14-18(9-12-27-19(14)16)25-21-15-4-2-6-17(15)24-20(26-21)13-7-10-23-11-8-13/h1,3,5,7-8,10-11,18H,2,4,6,9,12H2,(H,24,25,26)/t18-/m0/s1. The Labute approximate surface area is 156 Å². The SMILES string of the molecule is Fc1cccc2c1OCC[C@@H]2Nc1nc(-c2ccncc2)nc2c1CCC2. The van der Waals surface area contributed by atoms with Crippen LogP contribution >= 0.6 is 0 Å². The van der Waals surface area contributed by atoms with Crippen LogP contribution in [0.4, 0.5) is 10.2 Å². The Morgan fingerprint density at radius 1 is 1.07 bits per heavy atom. The van der Waals surface area contributed by atoms with Gasteiger partial charge >= 0.3 is 0 Å². The Kier molecular flexibility index (Phi) is 3.96. The summed E-state index contributed by atoms with van der Waals surface area (Å²) in [6, 6.07) is 8.88. The highest BCUT2D eigenvalue weighted by molar-refractivity contribution is 5.61. The van der Waals surface area contributed by atoms with E-state index in [1.54, 1.807) is 18.5 Å². The zero-order valence-electron chi connectivity index (χ0n) is 14.8. The zero-order chi connectivity index (χ0) is 18.2. The molecule has 2 aliphatic rings. The summed E-state index contributed by atoms with van der Waals surface area (Å²) in [5.74, 6) is 1.59. The number of ether oxygens (including phenoxy) is 1. The van der Waals surface area contributed by atoms with Gasteiger partial charge < -0.3 is 10.1 Å². The fourth-order valence-corrected chi connectivity index (χ4v) is 3.88. The number of hydrogen-bond acceptors (Lipinski definition) is 5. The van der Waals surface area contributed by atoms with Crippen LogP contribution in [0, 0.1) is 5.82 Å². The summed E-state index contributed by atoms with van der Waals surface area (Å²) in [5.41, 5.74) is 4.07. The lowest BCUT2D eigenvalue weighted by Gasteiger charge is -2.28. The van der Waals surface area contributed by atoms with E-state index in [2.05, 4.69) is 10.3 Å². The van der Waals surface area contributed by atoms with Gasteiger partial charge in [-0.05, 0) is 37.5 Å². The fourth-order valence-electron chi connectivity index (χ4n) is 3.88. The van der Waals surface area contributed by atoms with Crippen molar-refractivity contribution >= 4 is 5.82 Å². The first-order chi connectivity index (χ1) is 13.3. The maximum Gasteiger partial charge on any atom is 0.165 e. The number of fused-ring (bicyclic) bond motifs is 2. The lowest BCUT2D eigenvalue weighted by molar-refractivity contribution is 0.260. The molecule has 0 saturated heterocycles. The van der Waals surface area contributed by atoms with E-state index in [1.807, 2.05) is 18.2 Å². The van der Waals surface area contributed by atoms with Gasteiger partial charge in [0, 0.05) is 41.2 Å². The minimum atomic E-state index is -0.315. The van der Waals surface area contributed by atoms with Crippen LogP contribution in [0.15, 0.2) is 42.7 Å². The molecule has 136 valence electrons. The molecule has 1 aromatic carbocycles. The molecule has 2 aromatic heterocycles. The van der Waals surface area contributed by atoms with Gasteiger partial charge in [0.05, 0.1) is 12.6 Å². The predicted octanol–water partition coefficient (Wildman–Crippen LogP) is 4.10. The summed E-state index contributed by atoms with van der Waals surface area (Å²) in [4.78, 5) is 13.7. The molecule has 5 nitrogen and oxygen atoms in total. The maximum absolute atomic E-state index is 14.1. The number of aryl methyl sites for hydroxylation is 1. The number of anilines is 1. The molecule has 1 aliphatic heterocycles. The van der Waals surface area contributed by atoms with Gasteiger partial charge in [0.2, 0.25) is 0 Å². The molecule has 0 bridgehead atoms. The van der Waals surface area contributed by atoms with Gasteiger partial charge in [0.15, 0.2) is 17.4 Å². The highest BCUT2D eigenvalue weighted by atomic mass is 19.1. The summed E-state index contributed by atoms with van der Waals surface area (Å²) in [6.07, 6.45) is 7.27. The van der Waals surface area contributed by atoms with Gasteiger partial charge in [0.1, 0.15) is 5.82 Å². The Bertz CT molecular complexity index is 993. The van der Waals surface area contributed by atoms with Crippen LogP contribution in [-0.2, 0) is 12.8 Å². The molecule has 27 heavy (non-hydrogen) atoms. The first kappa shape index (κ1) is 16.2. The molecular weight excluding hydrogens is 343 g/mol. The van der Waals surface area contributed by atoms with Crippen molar-refractivity contribution in [2.24, 2.45) is 0 Å². The van der Waals surface area contributed by atoms with Crippen LogP contribution in [0.5, 0.6) is 5.75 Å². The van der Waals surface area contributed by atoms with Gasteiger partial charge in [-0.2, -0.15) is 0 Å². The summed E-state index contributed by atoms with van der Waals surface area (Å²) in [6.45, 7) is 0.482. The fraction of sp³-hybridized carbons (Fsp3) is 0.286. The number of nitrogens with one attached hydrogen (secondary N) is 1. The van der Waals surface area contributed by atoms with Crippen molar-refractivity contribution in [3.63, 3.8) is 0 Å². The molecule has 1 aliphatic carbocycles. The third-order valence-corrected chi connectivity index (χ3v) is 5.21. The highest BCUT2D eigenvalue weighted by Crippen LogP contribution is 2.38. The molecule has 0 spiro atoms. The van der Waals surface area contributed by atoms with Gasteiger partial charge in [-0.3, -0.25) is 4.98 Å². The topological polar surface area (TPSA) is 59.9 Å². The van der Waals surface area contributed by atoms with Gasteiger partial charge in [-0.25, -0.2) is 14.4 Å². The maximum atomic E-state index is 14.1. The summed E-state index contributed by atoms with van der Waals surface area (Å²) in [5, 5.41) is 3.56. The van der Waals surface area contributed by atoms with E-state index >= 15 is 0 Å². The first-order valence-electron chi connectivity index (χ1n) is 9.27. The second kappa shape index (κ2) is 6.61. The van der Waals surface area contributed by atoms with E-state index < -0.39 is 0 Å². The summed E-state index contributed by atoms with van der Waals surface area (Å²) in [7, 11) is 0. The summed E-state index contributed by atoms with van der Waals surface area (Å²) < 4.78 is 19.7. The third-order valence-electron chi connectivity index (χ3n) is 5.21. The molecule has 1 N–H and O–H groups in total. The lowest BCUT2D eigenvalue weighted by Crippen LogP contribution is -2.22. The van der Waals surface area contributed by atoms with Gasteiger partial charge in [0.25, 0.3) is 0 Å². The van der Waals surface area contributed by atoms with E-state index in [4.69, 9.17) is 14.7 Å². The zero-order valence-corrected chi connectivity index (χ0v) is 14.8. The quantitative estimate of drug-likeness (QED) is 0.760. The minimum Gasteiger partial charge on any atom is -0.490 e. The van der Waals surface area contributed by atoms with E-state index in [9.17, 15) is 4.39 Å². The van der Waals surface area contributed by atoms with Crippen LogP contribution in [0.3, 0.4) is 0 Å². The number of aromatic nitrogens is 3. The molecule has 0 unspecified atom stereocenters. The van der Waals surface area contributed by atoms with Crippen molar-refractivity contribution in [3.05, 3.63) is 65.4 Å².